The van der Waals surface area contributed by atoms with E-state index in [4.69, 9.17) is 4.74 Å². The van der Waals surface area contributed by atoms with E-state index in [1.807, 2.05) is 6.92 Å². The Bertz CT molecular complexity index is 673. The minimum absolute atomic E-state index is 0.724. The minimum atomic E-state index is 0.724. The van der Waals surface area contributed by atoms with Gasteiger partial charge in [0.15, 0.2) is 0 Å². The lowest BCUT2D eigenvalue weighted by Gasteiger charge is -2.35. The first-order valence-electron chi connectivity index (χ1n) is 9.36. The molecule has 1 heterocycles. The molecule has 1 aliphatic rings. The van der Waals surface area contributed by atoms with Crippen LogP contribution in [0, 0.1) is 13.8 Å². The summed E-state index contributed by atoms with van der Waals surface area (Å²) >= 11 is 0. The van der Waals surface area contributed by atoms with E-state index in [-0.39, 0.29) is 0 Å². The van der Waals surface area contributed by atoms with Crippen molar-refractivity contribution in [3.05, 3.63) is 64.7 Å². The molecule has 3 rings (SSSR count). The first kappa shape index (κ1) is 18.0. The van der Waals surface area contributed by atoms with E-state index in [1.165, 1.54) is 22.3 Å². The van der Waals surface area contributed by atoms with Crippen molar-refractivity contribution in [3.63, 3.8) is 0 Å². The van der Waals surface area contributed by atoms with Gasteiger partial charge in [0, 0.05) is 39.3 Å². The Morgan fingerprint density at radius 3 is 2.08 bits per heavy atom. The molecule has 0 atom stereocenters. The molecule has 2 aromatic carbocycles. The second-order valence-electron chi connectivity index (χ2n) is 7.06. The Hall–Kier alpha value is -1.84. The minimum Gasteiger partial charge on any atom is -0.494 e. The second-order valence-corrected chi connectivity index (χ2v) is 7.06. The number of benzene rings is 2. The summed E-state index contributed by atoms with van der Waals surface area (Å²) in [6, 6.07) is 15.3. The molecule has 1 fully saturated rings. The number of hydrogen-bond donors (Lipinski definition) is 0. The lowest BCUT2D eigenvalue weighted by atomic mass is 10.0. The van der Waals surface area contributed by atoms with Crippen molar-refractivity contribution in [3.8, 4) is 5.75 Å². The highest BCUT2D eigenvalue weighted by atomic mass is 16.5. The molecule has 134 valence electrons. The standard InChI is InChI=1S/C22H30N2O/c1-4-25-22-9-6-20(7-10-22)16-23-11-13-24(14-12-23)17-21-8-5-18(2)15-19(21)3/h5-10,15H,4,11-14,16-17H2,1-3H3. The first-order valence-corrected chi connectivity index (χ1v) is 9.36. The lowest BCUT2D eigenvalue weighted by Crippen LogP contribution is -2.45. The summed E-state index contributed by atoms with van der Waals surface area (Å²) in [6.45, 7) is 13.8. The number of ether oxygens (including phenoxy) is 1. The largest absolute Gasteiger partial charge is 0.494 e. The Labute approximate surface area is 152 Å². The van der Waals surface area contributed by atoms with Gasteiger partial charge in [-0.3, -0.25) is 9.80 Å². The van der Waals surface area contributed by atoms with Gasteiger partial charge in [0.25, 0.3) is 0 Å². The van der Waals surface area contributed by atoms with Gasteiger partial charge in [-0.05, 0) is 49.6 Å². The van der Waals surface area contributed by atoms with Crippen LogP contribution in [0.1, 0.15) is 29.2 Å². The molecule has 1 saturated heterocycles. The quantitative estimate of drug-likeness (QED) is 0.791. The van der Waals surface area contributed by atoms with E-state index < -0.39 is 0 Å². The highest BCUT2D eigenvalue weighted by Crippen LogP contribution is 2.17. The SMILES string of the molecule is CCOc1ccc(CN2CCN(Cc3ccc(C)cc3C)CC2)cc1. The maximum absolute atomic E-state index is 5.52. The van der Waals surface area contributed by atoms with Crippen LogP contribution in [0.15, 0.2) is 42.5 Å². The topological polar surface area (TPSA) is 15.7 Å². The fourth-order valence-corrected chi connectivity index (χ4v) is 3.49. The third kappa shape index (κ3) is 5.07. The number of aryl methyl sites for hydroxylation is 2. The van der Waals surface area contributed by atoms with E-state index in [1.54, 1.807) is 0 Å². The smallest absolute Gasteiger partial charge is 0.119 e. The van der Waals surface area contributed by atoms with Crippen molar-refractivity contribution in [1.82, 2.24) is 9.80 Å². The first-order chi connectivity index (χ1) is 12.1. The van der Waals surface area contributed by atoms with E-state index in [2.05, 4.69) is 66.1 Å². The van der Waals surface area contributed by atoms with Gasteiger partial charge in [-0.2, -0.15) is 0 Å². The van der Waals surface area contributed by atoms with Gasteiger partial charge >= 0.3 is 0 Å². The average Bonchev–Trinajstić information content (AvgIpc) is 2.61. The molecule has 0 N–H and O–H groups in total. The van der Waals surface area contributed by atoms with E-state index in [9.17, 15) is 0 Å². The van der Waals surface area contributed by atoms with Crippen LogP contribution in [0.4, 0.5) is 0 Å². The fourth-order valence-electron chi connectivity index (χ4n) is 3.49. The summed E-state index contributed by atoms with van der Waals surface area (Å²) in [4.78, 5) is 5.13. The van der Waals surface area contributed by atoms with Crippen molar-refractivity contribution in [2.75, 3.05) is 32.8 Å². The van der Waals surface area contributed by atoms with Crippen LogP contribution in [0.3, 0.4) is 0 Å². The third-order valence-electron chi connectivity index (χ3n) is 5.00. The van der Waals surface area contributed by atoms with Gasteiger partial charge in [-0.1, -0.05) is 35.9 Å². The summed E-state index contributed by atoms with van der Waals surface area (Å²) in [7, 11) is 0. The van der Waals surface area contributed by atoms with Crippen molar-refractivity contribution in [2.45, 2.75) is 33.9 Å². The van der Waals surface area contributed by atoms with Crippen LogP contribution < -0.4 is 4.74 Å². The summed E-state index contributed by atoms with van der Waals surface area (Å²) in [6.07, 6.45) is 0. The lowest BCUT2D eigenvalue weighted by molar-refractivity contribution is 0.122. The van der Waals surface area contributed by atoms with Crippen LogP contribution in [-0.2, 0) is 13.1 Å². The average molecular weight is 338 g/mol. The van der Waals surface area contributed by atoms with Crippen LogP contribution in [-0.4, -0.2) is 42.6 Å². The fraction of sp³-hybridized carbons (Fsp3) is 0.455. The van der Waals surface area contributed by atoms with Gasteiger partial charge in [0.2, 0.25) is 0 Å². The van der Waals surface area contributed by atoms with Crippen molar-refractivity contribution < 1.29 is 4.74 Å². The molecule has 0 radical (unpaired) electrons. The Balaban J connectivity index is 1.48. The molecule has 3 nitrogen and oxygen atoms in total. The number of hydrogen-bond acceptors (Lipinski definition) is 3. The molecule has 0 aliphatic carbocycles. The van der Waals surface area contributed by atoms with E-state index >= 15 is 0 Å². The zero-order valence-electron chi connectivity index (χ0n) is 15.8. The van der Waals surface area contributed by atoms with Gasteiger partial charge in [-0.15, -0.1) is 0 Å². The molecule has 25 heavy (non-hydrogen) atoms. The molecule has 0 bridgehead atoms. The molecule has 0 amide bonds. The number of rotatable bonds is 6. The number of piperazine rings is 1. The molecule has 0 saturated carbocycles. The summed E-state index contributed by atoms with van der Waals surface area (Å²) < 4.78 is 5.52. The predicted molar refractivity (Wildman–Crippen MR) is 104 cm³/mol. The maximum atomic E-state index is 5.52. The predicted octanol–water partition coefficient (Wildman–Crippen LogP) is 4.02. The van der Waals surface area contributed by atoms with E-state index in [0.29, 0.717) is 0 Å². The van der Waals surface area contributed by atoms with Crippen LogP contribution in [0.2, 0.25) is 0 Å². The van der Waals surface area contributed by atoms with Crippen LogP contribution in [0.5, 0.6) is 5.75 Å². The normalized spacial score (nSPS) is 16.1. The molecule has 3 heteroatoms. The van der Waals surface area contributed by atoms with Crippen LogP contribution >= 0.6 is 0 Å². The van der Waals surface area contributed by atoms with Crippen molar-refractivity contribution >= 4 is 0 Å². The molecule has 0 unspecified atom stereocenters. The highest BCUT2D eigenvalue weighted by molar-refractivity contribution is 5.30. The Morgan fingerprint density at radius 1 is 0.840 bits per heavy atom. The molecule has 0 spiro atoms. The second kappa shape index (κ2) is 8.50. The van der Waals surface area contributed by atoms with Gasteiger partial charge < -0.3 is 4.74 Å². The maximum Gasteiger partial charge on any atom is 0.119 e. The summed E-state index contributed by atoms with van der Waals surface area (Å²) in [5.41, 5.74) is 5.59. The zero-order chi connectivity index (χ0) is 17.6. The molecular weight excluding hydrogens is 308 g/mol. The van der Waals surface area contributed by atoms with Crippen molar-refractivity contribution in [1.29, 1.82) is 0 Å². The molecule has 0 aromatic heterocycles. The van der Waals surface area contributed by atoms with Gasteiger partial charge in [0.05, 0.1) is 6.61 Å². The zero-order valence-corrected chi connectivity index (χ0v) is 15.8. The molecular formula is C22H30N2O. The van der Waals surface area contributed by atoms with Gasteiger partial charge in [0.1, 0.15) is 5.75 Å². The summed E-state index contributed by atoms with van der Waals surface area (Å²) in [5, 5.41) is 0. The highest BCUT2D eigenvalue weighted by Gasteiger charge is 2.17. The third-order valence-corrected chi connectivity index (χ3v) is 5.00. The Kier molecular flexibility index (Phi) is 6.11. The monoisotopic (exact) mass is 338 g/mol. The summed E-state index contributed by atoms with van der Waals surface area (Å²) in [5.74, 6) is 0.963. The molecule has 1 aliphatic heterocycles. The van der Waals surface area contributed by atoms with Crippen molar-refractivity contribution in [2.24, 2.45) is 0 Å². The van der Waals surface area contributed by atoms with Gasteiger partial charge in [-0.25, -0.2) is 0 Å². The van der Waals surface area contributed by atoms with Crippen LogP contribution in [0.25, 0.3) is 0 Å². The Morgan fingerprint density at radius 2 is 1.48 bits per heavy atom. The van der Waals surface area contributed by atoms with E-state index in [0.717, 1.165) is 51.6 Å². The molecule has 2 aromatic rings. The number of nitrogens with zero attached hydrogens (tertiary/aromatic N) is 2.